The van der Waals surface area contributed by atoms with Crippen LogP contribution in [0, 0.1) is 11.6 Å². The van der Waals surface area contributed by atoms with Crippen LogP contribution < -0.4 is 11.5 Å². The highest BCUT2D eigenvalue weighted by Crippen LogP contribution is 2.27. The van der Waals surface area contributed by atoms with Crippen molar-refractivity contribution in [3.8, 4) is 0 Å². The van der Waals surface area contributed by atoms with Gasteiger partial charge in [-0.3, -0.25) is 28.4 Å². The highest BCUT2D eigenvalue weighted by Gasteiger charge is 2.25. The number of rotatable bonds is 8. The summed E-state index contributed by atoms with van der Waals surface area (Å²) in [5, 5.41) is 1.32. The summed E-state index contributed by atoms with van der Waals surface area (Å²) in [6.45, 7) is 12.2. The van der Waals surface area contributed by atoms with E-state index in [1.54, 1.807) is 20.9 Å². The molecule has 4 aromatic heterocycles. The van der Waals surface area contributed by atoms with E-state index < -0.39 is 11.6 Å². The summed E-state index contributed by atoms with van der Waals surface area (Å²) < 4.78 is 32.3. The van der Waals surface area contributed by atoms with E-state index in [1.807, 2.05) is 24.5 Å². The fourth-order valence-corrected chi connectivity index (χ4v) is 7.99. The Bertz CT molecular complexity index is 2460. The van der Waals surface area contributed by atoms with Gasteiger partial charge in [-0.1, -0.05) is 36.4 Å². The zero-order chi connectivity index (χ0) is 36.2. The van der Waals surface area contributed by atoms with Gasteiger partial charge in [-0.05, 0) is 42.3 Å². The second-order valence-electron chi connectivity index (χ2n) is 14.3. The lowest BCUT2D eigenvalue weighted by molar-refractivity contribution is 0.0970. The number of anilines is 2. The Kier molecular flexibility index (Phi) is 8.61. The number of fused-ring (bicyclic) bond motifs is 6. The Morgan fingerprint density at radius 3 is 1.60 bits per heavy atom. The SMILES string of the molecule is CC(c1cccc(CN2CCN(Cc3cn4c(N)nc5c(F)cccc5c4n3)CC2)c1)N1CCN(Cc2cn3c(N)nc4c(F)cccc4c3n2)CC1. The largest absolute Gasteiger partial charge is 0.369 e. The first-order valence-corrected chi connectivity index (χ1v) is 18.2. The second kappa shape index (κ2) is 13.6. The van der Waals surface area contributed by atoms with E-state index in [4.69, 9.17) is 21.4 Å². The molecule has 0 bridgehead atoms. The third kappa shape index (κ3) is 6.41. The molecular weight excluding hydrogens is 675 g/mol. The zero-order valence-electron chi connectivity index (χ0n) is 29.7. The minimum absolute atomic E-state index is 0.234. The number of para-hydroxylation sites is 2. The van der Waals surface area contributed by atoms with E-state index in [1.165, 1.54) is 23.3 Å². The molecule has 53 heavy (non-hydrogen) atoms. The van der Waals surface area contributed by atoms with Crippen LogP contribution in [0.2, 0.25) is 0 Å². The van der Waals surface area contributed by atoms with Crippen LogP contribution in [0.15, 0.2) is 73.1 Å². The summed E-state index contributed by atoms with van der Waals surface area (Å²) in [6.07, 6.45) is 3.84. The van der Waals surface area contributed by atoms with Crippen molar-refractivity contribution < 1.29 is 8.78 Å². The maximum atomic E-state index is 14.4. The van der Waals surface area contributed by atoms with Crippen molar-refractivity contribution in [2.24, 2.45) is 0 Å². The summed E-state index contributed by atoms with van der Waals surface area (Å²) in [7, 11) is 0. The molecule has 2 aliphatic rings. The highest BCUT2D eigenvalue weighted by atomic mass is 19.1. The van der Waals surface area contributed by atoms with E-state index in [0.717, 1.165) is 70.3 Å². The highest BCUT2D eigenvalue weighted by molar-refractivity contribution is 5.93. The normalized spacial score (nSPS) is 17.5. The molecule has 6 heterocycles. The van der Waals surface area contributed by atoms with Gasteiger partial charge in [-0.2, -0.15) is 0 Å². The standard InChI is InChI=1S/C39H42F2N12/c1-25(51-17-15-50(16-18-51)22-29-24-53-37(45-29)31-8-4-10-33(41)35(31)47-39(53)43)27-6-2-5-26(19-27)20-48-11-13-49(14-12-48)21-28-23-52-36(44-28)30-7-3-9-32(40)34(30)46-38(52)42/h2-10,19,23-25H,11-18,20-22H2,1H3,(H2,42,46)(H2,43,47). The summed E-state index contributed by atoms with van der Waals surface area (Å²) in [6, 6.07) is 19.1. The average molecular weight is 717 g/mol. The van der Waals surface area contributed by atoms with Gasteiger partial charge in [0, 0.05) is 101 Å². The molecule has 7 aromatic rings. The van der Waals surface area contributed by atoms with Crippen molar-refractivity contribution in [3.63, 3.8) is 0 Å². The van der Waals surface area contributed by atoms with Gasteiger partial charge >= 0.3 is 0 Å². The van der Waals surface area contributed by atoms with Crippen LogP contribution in [0.25, 0.3) is 33.1 Å². The van der Waals surface area contributed by atoms with Crippen LogP contribution in [0.5, 0.6) is 0 Å². The average Bonchev–Trinajstić information content (AvgIpc) is 3.80. The topological polar surface area (TPSA) is 125 Å². The summed E-state index contributed by atoms with van der Waals surface area (Å²) in [5.41, 5.74) is 18.6. The Hall–Kier alpha value is -5.28. The van der Waals surface area contributed by atoms with Crippen LogP contribution in [-0.2, 0) is 19.6 Å². The Balaban J connectivity index is 0.783. The number of hydrogen-bond donors (Lipinski definition) is 2. The molecule has 14 heteroatoms. The van der Waals surface area contributed by atoms with E-state index >= 15 is 0 Å². The number of hydrogen-bond acceptors (Lipinski definition) is 10. The molecule has 9 rings (SSSR count). The van der Waals surface area contributed by atoms with Crippen LogP contribution in [0.3, 0.4) is 0 Å². The van der Waals surface area contributed by atoms with Crippen LogP contribution >= 0.6 is 0 Å². The summed E-state index contributed by atoms with van der Waals surface area (Å²) in [5.74, 6) is -0.323. The van der Waals surface area contributed by atoms with Crippen molar-refractivity contribution >= 4 is 45.0 Å². The van der Waals surface area contributed by atoms with Gasteiger partial charge in [0.1, 0.15) is 34.0 Å². The molecular formula is C39H42F2N12. The van der Waals surface area contributed by atoms with Gasteiger partial charge in [0.2, 0.25) is 11.9 Å². The lowest BCUT2D eigenvalue weighted by atomic mass is 10.0. The number of aromatic nitrogens is 6. The third-order valence-electron chi connectivity index (χ3n) is 10.9. The molecule has 12 nitrogen and oxygen atoms in total. The van der Waals surface area contributed by atoms with Crippen molar-refractivity contribution in [2.75, 3.05) is 63.8 Å². The van der Waals surface area contributed by atoms with Crippen molar-refractivity contribution in [3.05, 3.63) is 107 Å². The van der Waals surface area contributed by atoms with Gasteiger partial charge in [0.15, 0.2) is 0 Å². The fourth-order valence-electron chi connectivity index (χ4n) is 7.99. The molecule has 0 amide bonds. The molecule has 0 spiro atoms. The van der Waals surface area contributed by atoms with Crippen molar-refractivity contribution in [1.82, 2.24) is 48.3 Å². The zero-order valence-corrected chi connectivity index (χ0v) is 29.7. The summed E-state index contributed by atoms with van der Waals surface area (Å²) in [4.78, 5) is 28.1. The predicted molar refractivity (Wildman–Crippen MR) is 202 cm³/mol. The van der Waals surface area contributed by atoms with Gasteiger partial charge in [-0.15, -0.1) is 0 Å². The van der Waals surface area contributed by atoms with Gasteiger partial charge in [-0.25, -0.2) is 28.7 Å². The molecule has 2 saturated heterocycles. The quantitative estimate of drug-likeness (QED) is 0.228. The van der Waals surface area contributed by atoms with E-state index in [9.17, 15) is 8.78 Å². The van der Waals surface area contributed by atoms with E-state index in [-0.39, 0.29) is 22.9 Å². The predicted octanol–water partition coefficient (Wildman–Crippen LogP) is 4.72. The monoisotopic (exact) mass is 716 g/mol. The molecule has 272 valence electrons. The molecule has 0 saturated carbocycles. The smallest absolute Gasteiger partial charge is 0.206 e. The Morgan fingerprint density at radius 2 is 1.08 bits per heavy atom. The summed E-state index contributed by atoms with van der Waals surface area (Å²) >= 11 is 0. The number of halogens is 2. The third-order valence-corrected chi connectivity index (χ3v) is 10.9. The van der Waals surface area contributed by atoms with Gasteiger partial charge in [0.25, 0.3) is 0 Å². The molecule has 1 unspecified atom stereocenters. The number of benzene rings is 3. The molecule has 0 radical (unpaired) electrons. The first-order chi connectivity index (χ1) is 25.8. The maximum Gasteiger partial charge on any atom is 0.206 e. The van der Waals surface area contributed by atoms with Gasteiger partial charge < -0.3 is 11.5 Å². The molecule has 2 aliphatic heterocycles. The number of nitrogens with two attached hydrogens (primary N) is 2. The maximum absolute atomic E-state index is 14.4. The number of imidazole rings is 2. The van der Waals surface area contributed by atoms with E-state index in [2.05, 4.69) is 60.8 Å². The number of nitrogens with zero attached hydrogens (tertiary/aromatic N) is 10. The molecule has 3 aromatic carbocycles. The molecule has 1 atom stereocenters. The Morgan fingerprint density at radius 1 is 0.604 bits per heavy atom. The lowest BCUT2D eigenvalue weighted by Crippen LogP contribution is -2.46. The molecule has 2 fully saturated rings. The number of nitrogen functional groups attached to an aromatic ring is 2. The van der Waals surface area contributed by atoms with Crippen LogP contribution in [-0.4, -0.2) is 101 Å². The van der Waals surface area contributed by atoms with E-state index in [0.29, 0.717) is 41.2 Å². The van der Waals surface area contributed by atoms with Gasteiger partial charge in [0.05, 0.1) is 11.4 Å². The number of piperazine rings is 2. The fraction of sp³-hybridized carbons (Fsp3) is 0.333. The lowest BCUT2D eigenvalue weighted by Gasteiger charge is -2.38. The second-order valence-corrected chi connectivity index (χ2v) is 14.3. The minimum atomic E-state index is -0.396. The van der Waals surface area contributed by atoms with Crippen LogP contribution in [0.1, 0.15) is 35.5 Å². The molecule has 4 N–H and O–H groups in total. The van der Waals surface area contributed by atoms with Crippen molar-refractivity contribution in [2.45, 2.75) is 32.6 Å². The van der Waals surface area contributed by atoms with Crippen LogP contribution in [0.4, 0.5) is 20.7 Å². The Labute approximate surface area is 305 Å². The first kappa shape index (κ1) is 33.5. The first-order valence-electron chi connectivity index (χ1n) is 18.2. The molecule has 0 aliphatic carbocycles. The van der Waals surface area contributed by atoms with Crippen molar-refractivity contribution in [1.29, 1.82) is 0 Å². The minimum Gasteiger partial charge on any atom is -0.369 e.